The highest BCUT2D eigenvalue weighted by Gasteiger charge is 2.13. The molecule has 0 unspecified atom stereocenters. The van der Waals surface area contributed by atoms with Crippen LogP contribution in [-0.4, -0.2) is 4.98 Å². The van der Waals surface area contributed by atoms with Crippen molar-refractivity contribution in [3.63, 3.8) is 0 Å². The SMILES string of the molecule is Cc1cc(-c2cccc3c2oc2ccccc23)nc2ccccc12. The summed E-state index contributed by atoms with van der Waals surface area (Å²) in [7, 11) is 0. The number of pyridine rings is 1. The number of aryl methyl sites for hydroxylation is 1. The number of fused-ring (bicyclic) bond motifs is 4. The molecule has 2 aromatic heterocycles. The van der Waals surface area contributed by atoms with Crippen LogP contribution in [0.1, 0.15) is 5.56 Å². The molecule has 0 saturated heterocycles. The Labute approximate surface area is 139 Å². The van der Waals surface area contributed by atoms with E-state index in [4.69, 9.17) is 9.40 Å². The summed E-state index contributed by atoms with van der Waals surface area (Å²) in [4.78, 5) is 4.87. The fraction of sp³-hybridized carbons (Fsp3) is 0.0455. The van der Waals surface area contributed by atoms with Crippen LogP contribution >= 0.6 is 0 Å². The zero-order chi connectivity index (χ0) is 16.1. The molecule has 3 aromatic carbocycles. The first-order valence-electron chi connectivity index (χ1n) is 8.08. The number of hydrogen-bond acceptors (Lipinski definition) is 2. The van der Waals surface area contributed by atoms with Crippen LogP contribution in [0.15, 0.2) is 77.2 Å². The average Bonchev–Trinajstić information content (AvgIpc) is 3.00. The van der Waals surface area contributed by atoms with Crippen LogP contribution in [0.3, 0.4) is 0 Å². The predicted octanol–water partition coefficient (Wildman–Crippen LogP) is 6.11. The number of nitrogens with zero attached hydrogens (tertiary/aromatic N) is 1. The van der Waals surface area contributed by atoms with Crippen LogP contribution < -0.4 is 0 Å². The van der Waals surface area contributed by atoms with E-state index in [-0.39, 0.29) is 0 Å². The lowest BCUT2D eigenvalue weighted by Gasteiger charge is -2.07. The summed E-state index contributed by atoms with van der Waals surface area (Å²) >= 11 is 0. The number of benzene rings is 3. The minimum absolute atomic E-state index is 0.904. The molecule has 5 rings (SSSR count). The molecule has 114 valence electrons. The summed E-state index contributed by atoms with van der Waals surface area (Å²) < 4.78 is 6.15. The normalized spacial score (nSPS) is 11.5. The Kier molecular flexibility index (Phi) is 2.74. The van der Waals surface area contributed by atoms with Crippen LogP contribution in [-0.2, 0) is 0 Å². The second-order valence-corrected chi connectivity index (χ2v) is 6.12. The van der Waals surface area contributed by atoms with E-state index in [2.05, 4.69) is 55.5 Å². The standard InChI is InChI=1S/C22H15NO/c1-14-13-20(23-19-11-4-2-7-15(14)19)18-10-6-9-17-16-8-3-5-12-21(16)24-22(17)18/h2-13H,1H3. The molecule has 0 aliphatic heterocycles. The van der Waals surface area contributed by atoms with E-state index in [1.54, 1.807) is 0 Å². The highest BCUT2D eigenvalue weighted by molar-refractivity contribution is 6.09. The average molecular weight is 309 g/mol. The maximum Gasteiger partial charge on any atom is 0.144 e. The lowest BCUT2D eigenvalue weighted by atomic mass is 10.0. The van der Waals surface area contributed by atoms with Gasteiger partial charge >= 0.3 is 0 Å². The van der Waals surface area contributed by atoms with Crippen LogP contribution in [0.4, 0.5) is 0 Å². The molecular formula is C22H15NO. The second kappa shape index (κ2) is 4.93. The van der Waals surface area contributed by atoms with Crippen molar-refractivity contribution in [3.8, 4) is 11.3 Å². The van der Waals surface area contributed by atoms with Gasteiger partial charge in [-0.2, -0.15) is 0 Å². The molecule has 0 N–H and O–H groups in total. The van der Waals surface area contributed by atoms with Gasteiger partial charge in [0.2, 0.25) is 0 Å². The van der Waals surface area contributed by atoms with Crippen molar-refractivity contribution < 1.29 is 4.42 Å². The first kappa shape index (κ1) is 13.3. The maximum atomic E-state index is 6.15. The van der Waals surface area contributed by atoms with Gasteiger partial charge in [0.25, 0.3) is 0 Å². The van der Waals surface area contributed by atoms with Crippen molar-refractivity contribution >= 4 is 32.8 Å². The van der Waals surface area contributed by atoms with Gasteiger partial charge in [0.05, 0.1) is 11.2 Å². The minimum Gasteiger partial charge on any atom is -0.455 e. The van der Waals surface area contributed by atoms with Gasteiger partial charge in [0.15, 0.2) is 0 Å². The number of para-hydroxylation sites is 3. The van der Waals surface area contributed by atoms with Gasteiger partial charge in [-0.25, -0.2) is 4.98 Å². The minimum atomic E-state index is 0.904. The summed E-state index contributed by atoms with van der Waals surface area (Å²) in [5.41, 5.74) is 6.05. The highest BCUT2D eigenvalue weighted by atomic mass is 16.3. The fourth-order valence-electron chi connectivity index (χ4n) is 3.44. The molecule has 5 aromatic rings. The summed E-state index contributed by atoms with van der Waals surface area (Å²) in [6.45, 7) is 2.13. The largest absolute Gasteiger partial charge is 0.455 e. The van der Waals surface area contributed by atoms with Gasteiger partial charge < -0.3 is 4.42 Å². The third-order valence-corrected chi connectivity index (χ3v) is 4.60. The predicted molar refractivity (Wildman–Crippen MR) is 99.2 cm³/mol. The summed E-state index contributed by atoms with van der Waals surface area (Å²) in [5.74, 6) is 0. The van der Waals surface area contributed by atoms with Crippen molar-refractivity contribution in [2.45, 2.75) is 6.92 Å². The zero-order valence-electron chi connectivity index (χ0n) is 13.3. The van der Waals surface area contributed by atoms with E-state index in [0.717, 1.165) is 38.7 Å². The molecule has 2 heterocycles. The second-order valence-electron chi connectivity index (χ2n) is 6.12. The Morgan fingerprint density at radius 1 is 0.750 bits per heavy atom. The summed E-state index contributed by atoms with van der Waals surface area (Å²) in [6.07, 6.45) is 0. The van der Waals surface area contributed by atoms with E-state index in [1.807, 2.05) is 24.3 Å². The number of rotatable bonds is 1. The van der Waals surface area contributed by atoms with Gasteiger partial charge in [-0.3, -0.25) is 0 Å². The van der Waals surface area contributed by atoms with E-state index >= 15 is 0 Å². The van der Waals surface area contributed by atoms with Crippen LogP contribution in [0, 0.1) is 6.92 Å². The lowest BCUT2D eigenvalue weighted by Crippen LogP contribution is -1.89. The van der Waals surface area contributed by atoms with Crippen molar-refractivity contribution in [1.82, 2.24) is 4.98 Å². The van der Waals surface area contributed by atoms with Gasteiger partial charge in [-0.15, -0.1) is 0 Å². The Balaban J connectivity index is 1.86. The molecule has 0 radical (unpaired) electrons. The van der Waals surface area contributed by atoms with Gasteiger partial charge in [0.1, 0.15) is 11.2 Å². The maximum absolute atomic E-state index is 6.15. The van der Waals surface area contributed by atoms with Gasteiger partial charge in [-0.05, 0) is 36.8 Å². The molecule has 0 atom stereocenters. The number of furan rings is 1. The van der Waals surface area contributed by atoms with Crippen molar-refractivity contribution in [2.24, 2.45) is 0 Å². The Morgan fingerprint density at radius 2 is 1.50 bits per heavy atom. The molecule has 0 bridgehead atoms. The molecule has 24 heavy (non-hydrogen) atoms. The smallest absolute Gasteiger partial charge is 0.144 e. The topological polar surface area (TPSA) is 26.0 Å². The molecule has 2 nitrogen and oxygen atoms in total. The van der Waals surface area contributed by atoms with Gasteiger partial charge in [-0.1, -0.05) is 48.5 Å². The van der Waals surface area contributed by atoms with Crippen molar-refractivity contribution in [3.05, 3.63) is 78.4 Å². The Morgan fingerprint density at radius 3 is 2.42 bits per heavy atom. The third-order valence-electron chi connectivity index (χ3n) is 4.60. The Hall–Kier alpha value is -3.13. The van der Waals surface area contributed by atoms with Crippen LogP contribution in [0.2, 0.25) is 0 Å². The van der Waals surface area contributed by atoms with Crippen LogP contribution in [0.5, 0.6) is 0 Å². The van der Waals surface area contributed by atoms with Crippen LogP contribution in [0.25, 0.3) is 44.1 Å². The zero-order valence-corrected chi connectivity index (χ0v) is 13.3. The monoisotopic (exact) mass is 309 g/mol. The van der Waals surface area contributed by atoms with Crippen molar-refractivity contribution in [2.75, 3.05) is 0 Å². The summed E-state index contributed by atoms with van der Waals surface area (Å²) in [6, 6.07) is 24.8. The Bertz CT molecular complexity index is 1220. The third kappa shape index (κ3) is 1.86. The van der Waals surface area contributed by atoms with E-state index in [9.17, 15) is 0 Å². The molecule has 0 aliphatic rings. The first-order valence-corrected chi connectivity index (χ1v) is 8.08. The lowest BCUT2D eigenvalue weighted by molar-refractivity contribution is 0.670. The molecular weight excluding hydrogens is 294 g/mol. The molecule has 2 heteroatoms. The van der Waals surface area contributed by atoms with E-state index in [0.29, 0.717) is 0 Å². The van der Waals surface area contributed by atoms with E-state index in [1.165, 1.54) is 10.9 Å². The van der Waals surface area contributed by atoms with Crippen molar-refractivity contribution in [1.29, 1.82) is 0 Å². The van der Waals surface area contributed by atoms with Gasteiger partial charge in [0, 0.05) is 21.7 Å². The quantitative estimate of drug-likeness (QED) is 0.373. The number of hydrogen-bond donors (Lipinski definition) is 0. The number of aromatic nitrogens is 1. The fourth-order valence-corrected chi connectivity index (χ4v) is 3.44. The molecule has 0 amide bonds. The first-order chi connectivity index (χ1) is 11.8. The molecule has 0 saturated carbocycles. The molecule has 0 fully saturated rings. The van der Waals surface area contributed by atoms with E-state index < -0.39 is 0 Å². The summed E-state index contributed by atoms with van der Waals surface area (Å²) in [5, 5.41) is 3.47. The molecule has 0 aliphatic carbocycles. The molecule has 0 spiro atoms. The highest BCUT2D eigenvalue weighted by Crippen LogP contribution is 2.35.